The molecule has 42 heavy (non-hydrogen) atoms. The van der Waals surface area contributed by atoms with Gasteiger partial charge < -0.3 is 14.5 Å². The maximum Gasteiger partial charge on any atom is 0.417 e. The van der Waals surface area contributed by atoms with Gasteiger partial charge in [-0.1, -0.05) is 46.6 Å². The first-order valence-electron chi connectivity index (χ1n) is 13.6. The van der Waals surface area contributed by atoms with Gasteiger partial charge in [-0.15, -0.1) is 0 Å². The lowest BCUT2D eigenvalue weighted by molar-refractivity contribution is -0.136. The van der Waals surface area contributed by atoms with Crippen LogP contribution in [0.2, 0.25) is 10.0 Å². The number of hydrogen-bond donors (Lipinski definition) is 1. The molecular formula is C31H24Cl2F3N3O3. The number of carbonyl (C=O) groups is 1. The quantitative estimate of drug-likeness (QED) is 0.234. The number of carboxylic acid groups (broad SMARTS) is 1. The molecule has 0 bridgehead atoms. The fourth-order valence-electron chi connectivity index (χ4n) is 6.40. The van der Waals surface area contributed by atoms with E-state index in [0.29, 0.717) is 44.9 Å². The van der Waals surface area contributed by atoms with E-state index in [0.717, 1.165) is 50.1 Å². The van der Waals surface area contributed by atoms with E-state index in [9.17, 15) is 23.1 Å². The van der Waals surface area contributed by atoms with Crippen LogP contribution in [0.1, 0.15) is 59.0 Å². The van der Waals surface area contributed by atoms with Crippen LogP contribution in [0.15, 0.2) is 53.1 Å². The molecule has 0 unspecified atom stereocenters. The summed E-state index contributed by atoms with van der Waals surface area (Å²) >= 11 is 12.9. The van der Waals surface area contributed by atoms with E-state index >= 15 is 0 Å². The normalized spacial score (nSPS) is 18.5. The maximum atomic E-state index is 13.8. The molecule has 1 N–H and O–H groups in total. The first kappa shape index (κ1) is 27.3. The molecule has 0 atom stereocenters. The van der Waals surface area contributed by atoms with E-state index in [1.54, 1.807) is 24.3 Å². The van der Waals surface area contributed by atoms with Crippen molar-refractivity contribution in [3.8, 4) is 11.3 Å². The second-order valence-corrected chi connectivity index (χ2v) is 12.4. The van der Waals surface area contributed by atoms with Gasteiger partial charge in [-0.3, -0.25) is 0 Å². The molecule has 11 heteroatoms. The molecule has 1 spiro atoms. The fraction of sp³-hybridized carbons (Fsp3) is 0.323. The molecule has 0 radical (unpaired) electrons. The summed E-state index contributed by atoms with van der Waals surface area (Å²) in [7, 11) is 0. The SMILES string of the molecule is O=C(O)c1cc(C(F)(F)F)c2cc(N3CC4(CC(/C=C/c5c(-c6c(Cl)cccc6Cl)noc5C5CC5)C4)C3)ccc2n1. The number of allylic oxidation sites excluding steroid dienone is 1. The van der Waals surface area contributed by atoms with Gasteiger partial charge in [0.15, 0.2) is 0 Å². The van der Waals surface area contributed by atoms with Gasteiger partial charge in [0.2, 0.25) is 0 Å². The first-order chi connectivity index (χ1) is 20.0. The van der Waals surface area contributed by atoms with E-state index in [1.165, 1.54) is 12.1 Å². The number of aromatic carboxylic acids is 1. The zero-order valence-electron chi connectivity index (χ0n) is 22.1. The summed E-state index contributed by atoms with van der Waals surface area (Å²) in [5.41, 5.74) is 1.39. The number of carboxylic acids is 1. The summed E-state index contributed by atoms with van der Waals surface area (Å²) in [6.07, 6.45) is 3.63. The van der Waals surface area contributed by atoms with Gasteiger partial charge in [0, 0.05) is 46.6 Å². The van der Waals surface area contributed by atoms with Crippen LogP contribution in [0.4, 0.5) is 18.9 Å². The molecule has 3 aliphatic rings. The van der Waals surface area contributed by atoms with Gasteiger partial charge in [-0.25, -0.2) is 9.78 Å². The van der Waals surface area contributed by atoms with Gasteiger partial charge in [-0.05, 0) is 68.0 Å². The summed E-state index contributed by atoms with van der Waals surface area (Å²) in [5, 5.41) is 14.5. The molecule has 1 saturated heterocycles. The largest absolute Gasteiger partial charge is 0.477 e. The smallest absolute Gasteiger partial charge is 0.417 e. The number of anilines is 1. The Morgan fingerprint density at radius 1 is 1.10 bits per heavy atom. The molecule has 0 amide bonds. The third-order valence-electron chi connectivity index (χ3n) is 8.56. The molecule has 6 nitrogen and oxygen atoms in total. The predicted molar refractivity (Wildman–Crippen MR) is 154 cm³/mol. The number of aromatic nitrogens is 2. The summed E-state index contributed by atoms with van der Waals surface area (Å²) in [6.45, 7) is 1.48. The average Bonchev–Trinajstić information content (AvgIpc) is 3.65. The summed E-state index contributed by atoms with van der Waals surface area (Å²) < 4.78 is 47.0. The number of fused-ring (bicyclic) bond motifs is 1. The van der Waals surface area contributed by atoms with E-state index in [2.05, 4.69) is 27.2 Å². The van der Waals surface area contributed by atoms with Crippen LogP contribution in [0.25, 0.3) is 28.2 Å². The number of hydrogen-bond acceptors (Lipinski definition) is 5. The van der Waals surface area contributed by atoms with E-state index in [1.807, 2.05) is 0 Å². The fourth-order valence-corrected chi connectivity index (χ4v) is 6.97. The van der Waals surface area contributed by atoms with Gasteiger partial charge in [-0.2, -0.15) is 13.2 Å². The van der Waals surface area contributed by atoms with Crippen molar-refractivity contribution in [2.45, 2.75) is 37.8 Å². The minimum atomic E-state index is -4.70. The van der Waals surface area contributed by atoms with Gasteiger partial charge >= 0.3 is 12.1 Å². The molecule has 7 rings (SSSR count). The van der Waals surface area contributed by atoms with Crippen LogP contribution in [-0.4, -0.2) is 34.3 Å². The Labute approximate surface area is 248 Å². The second kappa shape index (κ2) is 9.74. The van der Waals surface area contributed by atoms with Gasteiger partial charge in [0.1, 0.15) is 17.1 Å². The van der Waals surface area contributed by atoms with Crippen molar-refractivity contribution in [1.82, 2.24) is 10.1 Å². The lowest BCUT2D eigenvalue weighted by atomic mass is 9.57. The Balaban J connectivity index is 1.07. The summed E-state index contributed by atoms with van der Waals surface area (Å²) in [5.74, 6) is 0.0728. The zero-order valence-corrected chi connectivity index (χ0v) is 23.6. The summed E-state index contributed by atoms with van der Waals surface area (Å²) in [6, 6.07) is 10.6. The van der Waals surface area contributed by atoms with Crippen LogP contribution in [0, 0.1) is 11.3 Å². The molecule has 4 aromatic rings. The lowest BCUT2D eigenvalue weighted by Crippen LogP contribution is -2.62. The number of pyridine rings is 1. The highest BCUT2D eigenvalue weighted by Gasteiger charge is 2.51. The highest BCUT2D eigenvalue weighted by atomic mass is 35.5. The minimum absolute atomic E-state index is 0.00630. The predicted octanol–water partition coefficient (Wildman–Crippen LogP) is 8.72. The molecular weight excluding hydrogens is 590 g/mol. The van der Waals surface area contributed by atoms with E-state index in [4.69, 9.17) is 27.7 Å². The molecule has 3 fully saturated rings. The van der Waals surface area contributed by atoms with Crippen molar-refractivity contribution in [1.29, 1.82) is 0 Å². The van der Waals surface area contributed by atoms with Crippen molar-refractivity contribution in [3.05, 3.63) is 81.2 Å². The Morgan fingerprint density at radius 3 is 2.45 bits per heavy atom. The average molecular weight is 614 g/mol. The Hall–Kier alpha value is -3.56. The van der Waals surface area contributed by atoms with Crippen LogP contribution >= 0.6 is 23.2 Å². The van der Waals surface area contributed by atoms with Crippen LogP contribution in [-0.2, 0) is 6.18 Å². The lowest BCUT2D eigenvalue weighted by Gasteiger charge is -2.59. The maximum absolute atomic E-state index is 13.8. The molecule has 2 aliphatic carbocycles. The van der Waals surface area contributed by atoms with Crippen molar-refractivity contribution < 1.29 is 27.6 Å². The minimum Gasteiger partial charge on any atom is -0.477 e. The molecule has 2 aromatic heterocycles. The molecule has 216 valence electrons. The van der Waals surface area contributed by atoms with Gasteiger partial charge in [0.25, 0.3) is 0 Å². The van der Waals surface area contributed by atoms with Crippen molar-refractivity contribution in [3.63, 3.8) is 0 Å². The highest BCUT2D eigenvalue weighted by molar-refractivity contribution is 6.39. The molecule has 2 saturated carbocycles. The molecule has 1 aliphatic heterocycles. The summed E-state index contributed by atoms with van der Waals surface area (Å²) in [4.78, 5) is 17.3. The van der Waals surface area contributed by atoms with E-state index in [-0.39, 0.29) is 16.3 Å². The van der Waals surface area contributed by atoms with E-state index < -0.39 is 23.4 Å². The highest BCUT2D eigenvalue weighted by Crippen LogP contribution is 2.54. The standard InChI is InChI=1S/C31H24Cl2F3N3O3/c32-22-2-1-3-23(33)26(22)27-19(28(42-38-27)17-5-6-17)8-4-16-12-30(13-16)14-39(15-30)18-7-9-24-20(10-18)21(31(34,35)36)11-25(37-24)29(40)41/h1-4,7-11,16-17H,5-6,12-15H2,(H,40,41)/b8-4+. The van der Waals surface area contributed by atoms with Crippen molar-refractivity contribution >= 4 is 51.8 Å². The second-order valence-electron chi connectivity index (χ2n) is 11.6. The molecule has 2 aromatic carbocycles. The number of benzene rings is 2. The Kier molecular flexibility index (Phi) is 6.33. The number of halogens is 5. The third-order valence-corrected chi connectivity index (χ3v) is 9.19. The number of nitrogens with zero attached hydrogens (tertiary/aromatic N) is 3. The van der Waals surface area contributed by atoms with Crippen molar-refractivity contribution in [2.24, 2.45) is 11.3 Å². The topological polar surface area (TPSA) is 79.5 Å². The first-order valence-corrected chi connectivity index (χ1v) is 14.4. The van der Waals surface area contributed by atoms with Gasteiger partial charge in [0.05, 0.1) is 21.1 Å². The third kappa shape index (κ3) is 4.72. The number of alkyl halides is 3. The van der Waals surface area contributed by atoms with Crippen molar-refractivity contribution in [2.75, 3.05) is 18.0 Å². The Bertz CT molecular complexity index is 1750. The van der Waals surface area contributed by atoms with Crippen LogP contribution in [0.5, 0.6) is 0 Å². The zero-order chi connectivity index (χ0) is 29.4. The molecule has 3 heterocycles. The monoisotopic (exact) mass is 613 g/mol. The van der Waals surface area contributed by atoms with Crippen LogP contribution < -0.4 is 4.90 Å². The number of rotatable bonds is 6. The van der Waals surface area contributed by atoms with Crippen LogP contribution in [0.3, 0.4) is 0 Å². The Morgan fingerprint density at radius 2 is 1.81 bits per heavy atom.